The fourth-order valence-electron chi connectivity index (χ4n) is 2.00. The predicted octanol–water partition coefficient (Wildman–Crippen LogP) is 4.22. The van der Waals surface area contributed by atoms with E-state index in [0.717, 1.165) is 26.0 Å². The summed E-state index contributed by atoms with van der Waals surface area (Å²) in [5.74, 6) is 1.93. The fourth-order valence-corrected chi connectivity index (χ4v) is 2.90. The number of aromatic nitrogens is 2. The van der Waals surface area contributed by atoms with E-state index in [-0.39, 0.29) is 0 Å². The van der Waals surface area contributed by atoms with Crippen molar-refractivity contribution in [3.8, 4) is 0 Å². The van der Waals surface area contributed by atoms with Gasteiger partial charge >= 0.3 is 0 Å². The Morgan fingerprint density at radius 1 is 1.30 bits per heavy atom. The van der Waals surface area contributed by atoms with Gasteiger partial charge in [-0.05, 0) is 52.6 Å². The zero-order valence-corrected chi connectivity index (χ0v) is 15.3. The average Bonchev–Trinajstić information content (AvgIpc) is 2.35. The van der Waals surface area contributed by atoms with Gasteiger partial charge in [0.15, 0.2) is 0 Å². The van der Waals surface area contributed by atoms with Crippen molar-refractivity contribution in [2.45, 2.75) is 26.7 Å². The Hall–Kier alpha value is -0.690. The first-order valence-corrected chi connectivity index (χ1v) is 8.38. The van der Waals surface area contributed by atoms with Gasteiger partial charge in [0.05, 0.1) is 9.26 Å². The Bertz CT molecular complexity index is 614. The fraction of sp³-hybridized carbons (Fsp3) is 0.333. The first-order chi connectivity index (χ1) is 9.45. The molecule has 0 aliphatic heterocycles. The van der Waals surface area contributed by atoms with Crippen LogP contribution in [-0.2, 0) is 12.8 Å². The van der Waals surface area contributed by atoms with Gasteiger partial charge in [-0.3, -0.25) is 0 Å². The molecule has 0 fully saturated rings. The maximum Gasteiger partial charge on any atom is 0.140 e. The third-order valence-electron chi connectivity index (χ3n) is 2.84. The van der Waals surface area contributed by atoms with Crippen LogP contribution in [0, 0.1) is 9.49 Å². The number of hydrogen-bond acceptors (Lipinski definition) is 3. The standard InChI is InChI=1S/C15H17BrIN3/c1-9(2)6-12-14(17)15(18)20-13(19-12)8-10-4-3-5-11(16)7-10/h3-5,7,9H,6,8H2,1-2H3,(H2,18,19,20). The zero-order valence-electron chi connectivity index (χ0n) is 11.5. The minimum absolute atomic E-state index is 0.552. The summed E-state index contributed by atoms with van der Waals surface area (Å²) in [5, 5.41) is 0. The molecular weight excluding hydrogens is 429 g/mol. The van der Waals surface area contributed by atoms with E-state index in [0.29, 0.717) is 18.2 Å². The Morgan fingerprint density at radius 3 is 2.70 bits per heavy atom. The highest BCUT2D eigenvalue weighted by molar-refractivity contribution is 14.1. The molecule has 0 radical (unpaired) electrons. The van der Waals surface area contributed by atoms with E-state index in [1.165, 1.54) is 5.56 Å². The molecule has 0 amide bonds. The van der Waals surface area contributed by atoms with Gasteiger partial charge in [-0.1, -0.05) is 41.9 Å². The van der Waals surface area contributed by atoms with Crippen LogP contribution < -0.4 is 5.73 Å². The van der Waals surface area contributed by atoms with Crippen LogP contribution in [0.25, 0.3) is 0 Å². The highest BCUT2D eigenvalue weighted by atomic mass is 127. The quantitative estimate of drug-likeness (QED) is 0.717. The van der Waals surface area contributed by atoms with E-state index >= 15 is 0 Å². The highest BCUT2D eigenvalue weighted by Crippen LogP contribution is 2.21. The van der Waals surface area contributed by atoms with E-state index < -0.39 is 0 Å². The summed E-state index contributed by atoms with van der Waals surface area (Å²) >= 11 is 5.72. The number of hydrogen-bond donors (Lipinski definition) is 1. The van der Waals surface area contributed by atoms with Crippen molar-refractivity contribution in [3.05, 3.63) is 49.4 Å². The largest absolute Gasteiger partial charge is 0.383 e. The number of halogens is 2. The summed E-state index contributed by atoms with van der Waals surface area (Å²) in [4.78, 5) is 9.09. The van der Waals surface area contributed by atoms with Gasteiger partial charge in [0.2, 0.25) is 0 Å². The summed E-state index contributed by atoms with van der Waals surface area (Å²) in [6, 6.07) is 8.19. The third-order valence-corrected chi connectivity index (χ3v) is 4.51. The Balaban J connectivity index is 2.30. The summed E-state index contributed by atoms with van der Waals surface area (Å²) in [5.41, 5.74) is 8.24. The zero-order chi connectivity index (χ0) is 14.7. The summed E-state index contributed by atoms with van der Waals surface area (Å²) in [6.07, 6.45) is 1.63. The first-order valence-electron chi connectivity index (χ1n) is 6.51. The van der Waals surface area contributed by atoms with Gasteiger partial charge in [-0.15, -0.1) is 0 Å². The molecule has 106 valence electrons. The lowest BCUT2D eigenvalue weighted by Gasteiger charge is -2.11. The molecule has 20 heavy (non-hydrogen) atoms. The molecule has 0 aliphatic rings. The average molecular weight is 446 g/mol. The number of benzene rings is 1. The molecule has 1 aromatic heterocycles. The molecule has 0 atom stereocenters. The molecule has 0 saturated carbocycles. The summed E-state index contributed by atoms with van der Waals surface area (Å²) in [6.45, 7) is 4.37. The molecule has 0 bridgehead atoms. The molecule has 1 heterocycles. The minimum atomic E-state index is 0.552. The second kappa shape index (κ2) is 6.85. The Labute approximate surface area is 141 Å². The maximum atomic E-state index is 6.01. The van der Waals surface area contributed by atoms with E-state index in [2.05, 4.69) is 74.5 Å². The molecule has 0 aliphatic carbocycles. The summed E-state index contributed by atoms with van der Waals surface area (Å²) < 4.78 is 2.05. The molecule has 2 aromatic rings. The van der Waals surface area contributed by atoms with Gasteiger partial charge < -0.3 is 5.73 Å². The maximum absolute atomic E-state index is 6.01. The van der Waals surface area contributed by atoms with E-state index in [9.17, 15) is 0 Å². The van der Waals surface area contributed by atoms with Crippen molar-refractivity contribution in [2.75, 3.05) is 5.73 Å². The Morgan fingerprint density at radius 2 is 2.05 bits per heavy atom. The van der Waals surface area contributed by atoms with E-state index in [4.69, 9.17) is 5.73 Å². The van der Waals surface area contributed by atoms with Crippen LogP contribution in [0.1, 0.15) is 30.9 Å². The van der Waals surface area contributed by atoms with Gasteiger partial charge in [0.25, 0.3) is 0 Å². The van der Waals surface area contributed by atoms with Crippen LogP contribution >= 0.6 is 38.5 Å². The number of anilines is 1. The van der Waals surface area contributed by atoms with Gasteiger partial charge in [-0.25, -0.2) is 9.97 Å². The molecule has 3 nitrogen and oxygen atoms in total. The van der Waals surface area contributed by atoms with E-state index in [1.807, 2.05) is 12.1 Å². The summed E-state index contributed by atoms with van der Waals surface area (Å²) in [7, 11) is 0. The highest BCUT2D eigenvalue weighted by Gasteiger charge is 2.12. The van der Waals surface area contributed by atoms with Crippen LogP contribution in [0.2, 0.25) is 0 Å². The van der Waals surface area contributed by atoms with Crippen molar-refractivity contribution < 1.29 is 0 Å². The Kier molecular flexibility index (Phi) is 5.37. The SMILES string of the molecule is CC(C)Cc1nc(Cc2cccc(Br)c2)nc(N)c1I. The first kappa shape index (κ1) is 15.7. The lowest BCUT2D eigenvalue weighted by Crippen LogP contribution is -2.10. The molecule has 0 saturated heterocycles. The van der Waals surface area contributed by atoms with Gasteiger partial charge in [0, 0.05) is 10.9 Å². The smallest absolute Gasteiger partial charge is 0.140 e. The topological polar surface area (TPSA) is 51.8 Å². The van der Waals surface area contributed by atoms with Crippen LogP contribution in [0.3, 0.4) is 0 Å². The molecule has 0 spiro atoms. The number of nitrogens with two attached hydrogens (primary N) is 1. The number of rotatable bonds is 4. The van der Waals surface area contributed by atoms with Crippen LogP contribution in [0.15, 0.2) is 28.7 Å². The van der Waals surface area contributed by atoms with Crippen molar-refractivity contribution in [3.63, 3.8) is 0 Å². The van der Waals surface area contributed by atoms with Crippen LogP contribution in [0.4, 0.5) is 5.82 Å². The predicted molar refractivity (Wildman–Crippen MR) is 94.7 cm³/mol. The number of nitrogen functional groups attached to an aromatic ring is 1. The van der Waals surface area contributed by atoms with Crippen LogP contribution in [0.5, 0.6) is 0 Å². The van der Waals surface area contributed by atoms with Gasteiger partial charge in [0.1, 0.15) is 11.6 Å². The van der Waals surface area contributed by atoms with Crippen LogP contribution in [-0.4, -0.2) is 9.97 Å². The molecule has 2 rings (SSSR count). The monoisotopic (exact) mass is 445 g/mol. The normalized spacial score (nSPS) is 11.1. The molecule has 0 unspecified atom stereocenters. The second-order valence-corrected chi connectivity index (χ2v) is 7.18. The lowest BCUT2D eigenvalue weighted by atomic mass is 10.1. The molecule has 2 N–H and O–H groups in total. The minimum Gasteiger partial charge on any atom is -0.383 e. The molecule has 1 aromatic carbocycles. The van der Waals surface area contributed by atoms with Crippen molar-refractivity contribution in [1.29, 1.82) is 0 Å². The lowest BCUT2D eigenvalue weighted by molar-refractivity contribution is 0.629. The molecular formula is C15H17BrIN3. The third kappa shape index (κ3) is 4.15. The number of nitrogens with zero attached hydrogens (tertiary/aromatic N) is 2. The van der Waals surface area contributed by atoms with Crippen molar-refractivity contribution >= 4 is 44.3 Å². The van der Waals surface area contributed by atoms with Gasteiger partial charge in [-0.2, -0.15) is 0 Å². The van der Waals surface area contributed by atoms with Crippen molar-refractivity contribution in [2.24, 2.45) is 5.92 Å². The van der Waals surface area contributed by atoms with Crippen molar-refractivity contribution in [1.82, 2.24) is 9.97 Å². The van der Waals surface area contributed by atoms with E-state index in [1.54, 1.807) is 0 Å². The second-order valence-electron chi connectivity index (χ2n) is 5.19. The molecule has 5 heteroatoms.